The fraction of sp³-hybridized carbons (Fsp3) is 0.381. The first-order chi connectivity index (χ1) is 14.1. The number of aromatic nitrogens is 5. The van der Waals surface area contributed by atoms with Gasteiger partial charge < -0.3 is 9.80 Å². The lowest BCUT2D eigenvalue weighted by molar-refractivity contribution is 0.0502. The summed E-state index contributed by atoms with van der Waals surface area (Å²) in [6, 6.07) is 9.89. The number of para-hydroxylation sites is 1. The summed E-state index contributed by atoms with van der Waals surface area (Å²) in [6.45, 7) is 5.44. The summed E-state index contributed by atoms with van der Waals surface area (Å²) in [4.78, 5) is 28.5. The van der Waals surface area contributed by atoms with Crippen LogP contribution in [0.1, 0.15) is 34.6 Å². The molecule has 0 radical (unpaired) electrons. The van der Waals surface area contributed by atoms with E-state index in [0.29, 0.717) is 17.8 Å². The van der Waals surface area contributed by atoms with Crippen molar-refractivity contribution in [1.29, 1.82) is 0 Å². The number of hydrogen-bond acceptors (Lipinski definition) is 6. The highest BCUT2D eigenvalue weighted by atomic mass is 16.2. The topological polar surface area (TPSA) is 80.0 Å². The van der Waals surface area contributed by atoms with E-state index in [9.17, 15) is 4.79 Å². The Bertz CT molecular complexity index is 1030. The maximum Gasteiger partial charge on any atom is 0.256 e. The SMILES string of the molecule is Cc1cc(C)nc(N2CC3CCC2CN3C(=O)c2ccccc2-n2nccn2)n1. The molecule has 3 aliphatic rings. The van der Waals surface area contributed by atoms with Crippen molar-refractivity contribution in [2.75, 3.05) is 18.0 Å². The highest BCUT2D eigenvalue weighted by molar-refractivity contribution is 5.98. The maximum atomic E-state index is 13.5. The lowest BCUT2D eigenvalue weighted by Crippen LogP contribution is -2.64. The Labute approximate surface area is 169 Å². The van der Waals surface area contributed by atoms with Gasteiger partial charge in [-0.15, -0.1) is 0 Å². The van der Waals surface area contributed by atoms with Gasteiger partial charge in [-0.05, 0) is 44.9 Å². The van der Waals surface area contributed by atoms with Crippen LogP contribution in [0, 0.1) is 13.8 Å². The van der Waals surface area contributed by atoms with Gasteiger partial charge in [0.15, 0.2) is 0 Å². The van der Waals surface area contributed by atoms with Crippen LogP contribution in [0.4, 0.5) is 5.95 Å². The molecular weight excluding hydrogens is 366 g/mol. The molecule has 1 amide bonds. The molecule has 2 aromatic heterocycles. The van der Waals surface area contributed by atoms with Gasteiger partial charge in [-0.1, -0.05) is 12.1 Å². The van der Waals surface area contributed by atoms with Crippen LogP contribution in [0.2, 0.25) is 0 Å². The molecule has 6 rings (SSSR count). The number of anilines is 1. The van der Waals surface area contributed by atoms with Gasteiger partial charge in [0, 0.05) is 36.6 Å². The molecule has 1 aromatic carbocycles. The third-order valence-corrected chi connectivity index (χ3v) is 5.79. The van der Waals surface area contributed by atoms with Gasteiger partial charge >= 0.3 is 0 Å². The minimum absolute atomic E-state index is 0.0357. The first-order valence-electron chi connectivity index (χ1n) is 9.96. The second kappa shape index (κ2) is 6.95. The van der Waals surface area contributed by atoms with Gasteiger partial charge in [0.05, 0.1) is 23.6 Å². The number of carbonyl (C=O) groups is 1. The van der Waals surface area contributed by atoms with Crippen LogP contribution in [-0.4, -0.2) is 60.9 Å². The standard InChI is InChI=1S/C21H23N7O/c1-14-11-15(2)25-21(24-14)27-13-16-7-8-17(27)12-26(16)20(29)18-5-3-4-6-19(18)28-22-9-10-23-28/h3-6,9-11,16-17H,7-8,12-13H2,1-2H3. The molecule has 29 heavy (non-hydrogen) atoms. The first kappa shape index (κ1) is 17.8. The molecule has 0 aliphatic carbocycles. The molecule has 2 bridgehead atoms. The van der Waals surface area contributed by atoms with Crippen LogP contribution in [0.3, 0.4) is 0 Å². The van der Waals surface area contributed by atoms with Gasteiger partial charge in [-0.25, -0.2) is 9.97 Å². The van der Waals surface area contributed by atoms with E-state index in [4.69, 9.17) is 0 Å². The summed E-state index contributed by atoms with van der Waals surface area (Å²) in [5.41, 5.74) is 3.29. The van der Waals surface area contributed by atoms with Crippen molar-refractivity contribution in [2.45, 2.75) is 38.8 Å². The number of fused-ring (bicyclic) bond motifs is 3. The van der Waals surface area contributed by atoms with Crippen LogP contribution in [0.15, 0.2) is 42.7 Å². The van der Waals surface area contributed by atoms with Crippen LogP contribution >= 0.6 is 0 Å². The maximum absolute atomic E-state index is 13.5. The van der Waals surface area contributed by atoms with Crippen molar-refractivity contribution >= 4 is 11.9 Å². The van der Waals surface area contributed by atoms with E-state index < -0.39 is 0 Å². The molecule has 0 spiro atoms. The van der Waals surface area contributed by atoms with E-state index in [0.717, 1.165) is 36.7 Å². The zero-order valence-corrected chi connectivity index (χ0v) is 16.6. The van der Waals surface area contributed by atoms with E-state index in [1.807, 2.05) is 49.1 Å². The molecule has 3 aromatic rings. The molecule has 0 N–H and O–H groups in total. The van der Waals surface area contributed by atoms with Crippen molar-refractivity contribution in [2.24, 2.45) is 0 Å². The van der Waals surface area contributed by atoms with Gasteiger partial charge in [-0.2, -0.15) is 15.0 Å². The fourth-order valence-corrected chi connectivity index (χ4v) is 4.48. The normalized spacial score (nSPS) is 20.9. The van der Waals surface area contributed by atoms with Crippen LogP contribution in [0.5, 0.6) is 0 Å². The van der Waals surface area contributed by atoms with E-state index in [1.54, 1.807) is 12.4 Å². The number of piperidine rings is 2. The van der Waals surface area contributed by atoms with Crippen molar-refractivity contribution in [1.82, 2.24) is 29.9 Å². The summed E-state index contributed by atoms with van der Waals surface area (Å²) in [5, 5.41) is 8.40. The number of amides is 1. The molecule has 3 saturated heterocycles. The summed E-state index contributed by atoms with van der Waals surface area (Å²) in [5.74, 6) is 0.819. The zero-order chi connectivity index (χ0) is 20.0. The molecule has 2 unspecified atom stereocenters. The molecule has 3 fully saturated rings. The average Bonchev–Trinajstić information content (AvgIpc) is 3.27. The largest absolute Gasteiger partial charge is 0.334 e. The lowest BCUT2D eigenvalue weighted by atomic mass is 9.90. The third-order valence-electron chi connectivity index (χ3n) is 5.79. The number of hydrogen-bond donors (Lipinski definition) is 0. The average molecular weight is 389 g/mol. The Kier molecular flexibility index (Phi) is 4.26. The first-order valence-corrected chi connectivity index (χ1v) is 9.96. The molecule has 2 atom stereocenters. The number of aryl methyl sites for hydroxylation is 2. The van der Waals surface area contributed by atoms with E-state index in [1.165, 1.54) is 4.80 Å². The van der Waals surface area contributed by atoms with Gasteiger partial charge in [-0.3, -0.25) is 4.79 Å². The molecular formula is C21H23N7O. The highest BCUT2D eigenvalue weighted by Crippen LogP contribution is 2.33. The summed E-state index contributed by atoms with van der Waals surface area (Å²) < 4.78 is 0. The van der Waals surface area contributed by atoms with Gasteiger partial charge in [0.2, 0.25) is 5.95 Å². The van der Waals surface area contributed by atoms with E-state index in [2.05, 4.69) is 25.1 Å². The van der Waals surface area contributed by atoms with Crippen molar-refractivity contribution < 1.29 is 4.79 Å². The quantitative estimate of drug-likeness (QED) is 0.683. The summed E-state index contributed by atoms with van der Waals surface area (Å²) >= 11 is 0. The van der Waals surface area contributed by atoms with Gasteiger partial charge in [0.1, 0.15) is 0 Å². The Hall–Kier alpha value is -3.29. The second-order valence-corrected chi connectivity index (χ2v) is 7.78. The number of carbonyl (C=O) groups excluding carboxylic acids is 1. The van der Waals surface area contributed by atoms with E-state index >= 15 is 0 Å². The highest BCUT2D eigenvalue weighted by Gasteiger charge is 2.42. The minimum Gasteiger partial charge on any atom is -0.334 e. The Morgan fingerprint density at radius 1 is 0.966 bits per heavy atom. The monoisotopic (exact) mass is 389 g/mol. The minimum atomic E-state index is 0.0357. The predicted octanol–water partition coefficient (Wildman–Crippen LogP) is 2.17. The molecule has 0 saturated carbocycles. The second-order valence-electron chi connectivity index (χ2n) is 7.78. The Morgan fingerprint density at radius 2 is 1.66 bits per heavy atom. The molecule has 8 heteroatoms. The predicted molar refractivity (Wildman–Crippen MR) is 108 cm³/mol. The molecule has 5 heterocycles. The number of piperazine rings is 1. The summed E-state index contributed by atoms with van der Waals surface area (Å²) in [6.07, 6.45) is 5.28. The van der Waals surface area contributed by atoms with Crippen molar-refractivity contribution in [3.8, 4) is 5.69 Å². The van der Waals surface area contributed by atoms with Crippen molar-refractivity contribution in [3.63, 3.8) is 0 Å². The van der Waals surface area contributed by atoms with Crippen LogP contribution in [0.25, 0.3) is 5.69 Å². The van der Waals surface area contributed by atoms with Gasteiger partial charge in [0.25, 0.3) is 5.91 Å². The number of rotatable bonds is 3. The van der Waals surface area contributed by atoms with Crippen LogP contribution < -0.4 is 4.90 Å². The van der Waals surface area contributed by atoms with E-state index in [-0.39, 0.29) is 18.0 Å². The number of benzene rings is 1. The molecule has 8 nitrogen and oxygen atoms in total. The Balaban J connectivity index is 1.42. The molecule has 148 valence electrons. The summed E-state index contributed by atoms with van der Waals surface area (Å²) in [7, 11) is 0. The lowest BCUT2D eigenvalue weighted by Gasteiger charge is -2.51. The van der Waals surface area contributed by atoms with Crippen LogP contribution in [-0.2, 0) is 0 Å². The number of nitrogens with zero attached hydrogens (tertiary/aromatic N) is 7. The zero-order valence-electron chi connectivity index (χ0n) is 16.6. The molecule has 3 aliphatic heterocycles. The van der Waals surface area contributed by atoms with Crippen molar-refractivity contribution in [3.05, 3.63) is 59.7 Å². The smallest absolute Gasteiger partial charge is 0.256 e. The fourth-order valence-electron chi connectivity index (χ4n) is 4.48. The Morgan fingerprint density at radius 3 is 2.34 bits per heavy atom. The third kappa shape index (κ3) is 3.14.